The van der Waals surface area contributed by atoms with Crippen molar-refractivity contribution in [3.05, 3.63) is 41.1 Å². The molecular formula is C18H20F3N5. The van der Waals surface area contributed by atoms with Crippen LogP contribution < -0.4 is 5.32 Å². The zero-order valence-electron chi connectivity index (χ0n) is 14.5. The third kappa shape index (κ3) is 5.22. The largest absolute Gasteiger partial charge is 0.416 e. The van der Waals surface area contributed by atoms with Crippen molar-refractivity contribution in [3.63, 3.8) is 0 Å². The Balaban J connectivity index is 2.18. The third-order valence-corrected chi connectivity index (χ3v) is 4.35. The highest BCUT2D eigenvalue weighted by Gasteiger charge is 2.34. The Morgan fingerprint density at radius 3 is 2.31 bits per heavy atom. The summed E-state index contributed by atoms with van der Waals surface area (Å²) < 4.78 is 40.4. The molecule has 138 valence electrons. The lowest BCUT2D eigenvalue weighted by atomic mass is 10.0. The molecule has 1 fully saturated rings. The predicted octanol–water partition coefficient (Wildman–Crippen LogP) is 3.19. The van der Waals surface area contributed by atoms with Gasteiger partial charge in [0.1, 0.15) is 17.7 Å². The van der Waals surface area contributed by atoms with Crippen molar-refractivity contribution in [2.24, 2.45) is 0 Å². The summed E-state index contributed by atoms with van der Waals surface area (Å²) in [6.07, 6.45) is -3.38. The molecule has 0 amide bonds. The first-order chi connectivity index (χ1) is 12.4. The minimum atomic E-state index is -4.48. The number of nitriles is 2. The van der Waals surface area contributed by atoms with Crippen LogP contribution in [0.5, 0.6) is 0 Å². The van der Waals surface area contributed by atoms with Crippen LogP contribution in [0.4, 0.5) is 18.9 Å². The van der Waals surface area contributed by atoms with Crippen LogP contribution in [0.15, 0.2) is 30.0 Å². The molecule has 1 saturated heterocycles. The Kier molecular flexibility index (Phi) is 6.62. The zero-order valence-corrected chi connectivity index (χ0v) is 14.5. The van der Waals surface area contributed by atoms with Gasteiger partial charge in [-0.2, -0.15) is 23.7 Å². The van der Waals surface area contributed by atoms with Gasteiger partial charge in [-0.25, -0.2) is 0 Å². The van der Waals surface area contributed by atoms with E-state index in [0.29, 0.717) is 0 Å². The molecule has 26 heavy (non-hydrogen) atoms. The molecule has 1 aliphatic heterocycles. The van der Waals surface area contributed by atoms with Gasteiger partial charge in [0, 0.05) is 44.6 Å². The number of halogens is 3. The van der Waals surface area contributed by atoms with E-state index in [4.69, 9.17) is 10.5 Å². The Morgan fingerprint density at radius 2 is 1.77 bits per heavy atom. The summed E-state index contributed by atoms with van der Waals surface area (Å²) in [5.41, 5.74) is -0.515. The highest BCUT2D eigenvalue weighted by atomic mass is 19.4. The number of hydrogen-bond acceptors (Lipinski definition) is 5. The second kappa shape index (κ2) is 8.70. The Labute approximate surface area is 150 Å². The van der Waals surface area contributed by atoms with Crippen LogP contribution in [-0.2, 0) is 12.7 Å². The summed E-state index contributed by atoms with van der Waals surface area (Å²) in [5, 5.41) is 19.9. The van der Waals surface area contributed by atoms with E-state index in [0.717, 1.165) is 45.0 Å². The van der Waals surface area contributed by atoms with E-state index in [-0.39, 0.29) is 23.4 Å². The Morgan fingerprint density at radius 1 is 1.15 bits per heavy atom. The number of anilines is 1. The minimum Gasteiger partial charge on any atom is -0.360 e. The first kappa shape index (κ1) is 19.8. The van der Waals surface area contributed by atoms with E-state index < -0.39 is 11.7 Å². The van der Waals surface area contributed by atoms with Gasteiger partial charge in [0.05, 0.1) is 5.56 Å². The summed E-state index contributed by atoms with van der Waals surface area (Å²) in [6.45, 7) is 6.44. The van der Waals surface area contributed by atoms with Crippen molar-refractivity contribution in [2.75, 3.05) is 38.0 Å². The fraction of sp³-hybridized carbons (Fsp3) is 0.444. The van der Waals surface area contributed by atoms with Crippen molar-refractivity contribution in [1.82, 2.24) is 9.80 Å². The summed E-state index contributed by atoms with van der Waals surface area (Å²) >= 11 is 0. The lowest BCUT2D eigenvalue weighted by Gasteiger charge is -2.34. The molecule has 0 saturated carbocycles. The minimum absolute atomic E-state index is 0.180. The highest BCUT2D eigenvalue weighted by Crippen LogP contribution is 2.34. The van der Waals surface area contributed by atoms with Gasteiger partial charge in [-0.15, -0.1) is 0 Å². The van der Waals surface area contributed by atoms with Crippen molar-refractivity contribution in [1.29, 1.82) is 10.5 Å². The lowest BCUT2D eigenvalue weighted by molar-refractivity contribution is -0.138. The molecule has 1 aromatic rings. The fourth-order valence-electron chi connectivity index (χ4n) is 2.82. The number of benzene rings is 1. The van der Waals surface area contributed by atoms with Gasteiger partial charge in [-0.05, 0) is 24.2 Å². The molecule has 0 radical (unpaired) electrons. The molecule has 1 heterocycles. The van der Waals surface area contributed by atoms with E-state index in [2.05, 4.69) is 17.1 Å². The van der Waals surface area contributed by atoms with Crippen LogP contribution in [0.2, 0.25) is 0 Å². The quantitative estimate of drug-likeness (QED) is 0.814. The van der Waals surface area contributed by atoms with Crippen LogP contribution >= 0.6 is 0 Å². The van der Waals surface area contributed by atoms with Gasteiger partial charge < -0.3 is 10.2 Å². The Hall–Kier alpha value is -2.55. The first-order valence-corrected chi connectivity index (χ1v) is 8.29. The number of rotatable bonds is 5. The van der Waals surface area contributed by atoms with Crippen LogP contribution in [0.3, 0.4) is 0 Å². The molecule has 0 unspecified atom stereocenters. The maximum Gasteiger partial charge on any atom is 0.416 e. The average Bonchev–Trinajstić information content (AvgIpc) is 2.63. The van der Waals surface area contributed by atoms with E-state index >= 15 is 0 Å². The first-order valence-electron chi connectivity index (χ1n) is 8.29. The van der Waals surface area contributed by atoms with E-state index in [9.17, 15) is 13.2 Å². The van der Waals surface area contributed by atoms with Crippen molar-refractivity contribution >= 4 is 5.69 Å². The van der Waals surface area contributed by atoms with Gasteiger partial charge in [-0.3, -0.25) is 4.90 Å². The second-order valence-corrected chi connectivity index (χ2v) is 6.01. The molecular weight excluding hydrogens is 343 g/mol. The van der Waals surface area contributed by atoms with Crippen molar-refractivity contribution < 1.29 is 13.2 Å². The van der Waals surface area contributed by atoms with Crippen LogP contribution in [0.1, 0.15) is 18.1 Å². The highest BCUT2D eigenvalue weighted by molar-refractivity contribution is 5.53. The van der Waals surface area contributed by atoms with Gasteiger partial charge in [-0.1, -0.05) is 13.0 Å². The summed E-state index contributed by atoms with van der Waals surface area (Å²) in [6, 6.07) is 7.28. The summed E-state index contributed by atoms with van der Waals surface area (Å²) in [5.74, 6) is 0. The molecule has 1 aliphatic rings. The van der Waals surface area contributed by atoms with E-state index in [1.807, 2.05) is 4.90 Å². The SMILES string of the molecule is CCN1CCN(Cc2ccc(NC=C(C#N)C#N)cc2C(F)(F)F)CC1. The Bertz CT molecular complexity index is 719. The normalized spacial score (nSPS) is 15.8. The molecule has 0 aliphatic carbocycles. The smallest absolute Gasteiger partial charge is 0.360 e. The number of allylic oxidation sites excluding steroid dienone is 1. The number of piperazine rings is 1. The predicted molar refractivity (Wildman–Crippen MR) is 91.8 cm³/mol. The van der Waals surface area contributed by atoms with E-state index in [1.165, 1.54) is 12.1 Å². The molecule has 0 spiro atoms. The van der Waals surface area contributed by atoms with Gasteiger partial charge in [0.15, 0.2) is 0 Å². The molecule has 8 heteroatoms. The van der Waals surface area contributed by atoms with Gasteiger partial charge >= 0.3 is 6.18 Å². The average molecular weight is 363 g/mol. The second-order valence-electron chi connectivity index (χ2n) is 6.01. The van der Waals surface area contributed by atoms with Gasteiger partial charge in [0.2, 0.25) is 0 Å². The van der Waals surface area contributed by atoms with Crippen molar-refractivity contribution in [2.45, 2.75) is 19.6 Å². The molecule has 0 atom stereocenters. The summed E-state index contributed by atoms with van der Waals surface area (Å²) in [4.78, 5) is 4.29. The molecule has 1 N–H and O–H groups in total. The fourth-order valence-corrected chi connectivity index (χ4v) is 2.82. The number of alkyl halides is 3. The van der Waals surface area contributed by atoms with Crippen LogP contribution in [-0.4, -0.2) is 42.5 Å². The van der Waals surface area contributed by atoms with Crippen LogP contribution in [0, 0.1) is 22.7 Å². The zero-order chi connectivity index (χ0) is 19.2. The topological polar surface area (TPSA) is 66.1 Å². The standard InChI is InChI=1S/C18H20F3N5/c1-2-25-5-7-26(8-6-25)13-15-3-4-16(9-17(15)18(19,20)21)24-12-14(10-22)11-23/h3-4,9,12,24H,2,5-8,13H2,1H3. The molecule has 0 aromatic heterocycles. The third-order valence-electron chi connectivity index (χ3n) is 4.35. The number of nitrogens with one attached hydrogen (secondary N) is 1. The molecule has 0 bridgehead atoms. The lowest BCUT2D eigenvalue weighted by Crippen LogP contribution is -2.45. The van der Waals surface area contributed by atoms with Crippen LogP contribution in [0.25, 0.3) is 0 Å². The van der Waals surface area contributed by atoms with E-state index in [1.54, 1.807) is 12.1 Å². The summed E-state index contributed by atoms with van der Waals surface area (Å²) in [7, 11) is 0. The molecule has 5 nitrogen and oxygen atoms in total. The van der Waals surface area contributed by atoms with Crippen molar-refractivity contribution in [3.8, 4) is 12.1 Å². The molecule has 1 aromatic carbocycles. The number of likely N-dealkylation sites (N-methyl/N-ethyl adjacent to an activating group) is 1. The number of nitrogens with zero attached hydrogens (tertiary/aromatic N) is 4. The monoisotopic (exact) mass is 363 g/mol. The van der Waals surface area contributed by atoms with Gasteiger partial charge in [0.25, 0.3) is 0 Å². The maximum absolute atomic E-state index is 13.5. The maximum atomic E-state index is 13.5. The molecule has 2 rings (SSSR count). The number of hydrogen-bond donors (Lipinski definition) is 1.